The highest BCUT2D eigenvalue weighted by Crippen LogP contribution is 2.37. The molecular formula is C22H29N5O4S2. The standard InChI is InChI=1S/C22H29N5O4S2/c1-14-10-17(27(24-14)19-6-4-5-8-31-19)20-21-22(32-25-20)16(13-33(3,28)29)11-18(23-21)26-7-9-30-12-15(26)2/h10-11,15,19H,4-9,12-13H2,1-3H3/t15-,19?/m1/s1. The number of aryl methyl sites for hydroxylation is 1. The summed E-state index contributed by atoms with van der Waals surface area (Å²) in [5.41, 5.74) is 3.91. The van der Waals surface area contributed by atoms with Crippen LogP contribution < -0.4 is 4.90 Å². The van der Waals surface area contributed by atoms with Gasteiger partial charge in [-0.05, 0) is 62.3 Å². The smallest absolute Gasteiger partial charge is 0.151 e. The number of rotatable bonds is 5. The van der Waals surface area contributed by atoms with Gasteiger partial charge in [0.05, 0.1) is 41.1 Å². The Morgan fingerprint density at radius 2 is 2.09 bits per heavy atom. The molecule has 5 rings (SSSR count). The minimum absolute atomic E-state index is 0.0522. The number of pyridine rings is 1. The first-order valence-electron chi connectivity index (χ1n) is 11.3. The van der Waals surface area contributed by atoms with E-state index in [1.54, 1.807) is 0 Å². The van der Waals surface area contributed by atoms with Gasteiger partial charge in [-0.1, -0.05) is 0 Å². The third-order valence-corrected chi connectivity index (χ3v) is 7.84. The highest BCUT2D eigenvalue weighted by molar-refractivity contribution is 7.89. The van der Waals surface area contributed by atoms with Crippen LogP contribution in [-0.4, -0.2) is 66.2 Å². The molecular weight excluding hydrogens is 462 g/mol. The van der Waals surface area contributed by atoms with Gasteiger partial charge in [-0.25, -0.2) is 18.1 Å². The van der Waals surface area contributed by atoms with Crippen molar-refractivity contribution in [1.29, 1.82) is 0 Å². The van der Waals surface area contributed by atoms with Gasteiger partial charge in [-0.15, -0.1) is 0 Å². The normalized spacial score (nSPS) is 22.2. The number of morpholine rings is 1. The summed E-state index contributed by atoms with van der Waals surface area (Å²) in [6.45, 7) is 6.70. The monoisotopic (exact) mass is 491 g/mol. The lowest BCUT2D eigenvalue weighted by Crippen LogP contribution is -2.44. The van der Waals surface area contributed by atoms with Crippen LogP contribution in [-0.2, 0) is 25.1 Å². The van der Waals surface area contributed by atoms with Crippen molar-refractivity contribution >= 4 is 37.4 Å². The molecule has 33 heavy (non-hydrogen) atoms. The Balaban J connectivity index is 1.67. The Kier molecular flexibility index (Phi) is 6.15. The van der Waals surface area contributed by atoms with E-state index in [4.69, 9.17) is 23.9 Å². The van der Waals surface area contributed by atoms with Gasteiger partial charge >= 0.3 is 0 Å². The maximum Gasteiger partial charge on any atom is 0.151 e. The van der Waals surface area contributed by atoms with Crippen LogP contribution in [0.15, 0.2) is 12.1 Å². The molecule has 3 aromatic heterocycles. The fourth-order valence-electron chi connectivity index (χ4n) is 4.57. The van der Waals surface area contributed by atoms with Crippen molar-refractivity contribution in [2.45, 2.75) is 51.1 Å². The molecule has 5 heterocycles. The molecule has 2 fully saturated rings. The molecule has 2 aliphatic rings. The molecule has 2 aliphatic heterocycles. The lowest BCUT2D eigenvalue weighted by atomic mass is 10.1. The highest BCUT2D eigenvalue weighted by Gasteiger charge is 2.27. The van der Waals surface area contributed by atoms with Gasteiger partial charge in [0.2, 0.25) is 0 Å². The molecule has 178 valence electrons. The summed E-state index contributed by atoms with van der Waals surface area (Å²) < 4.78 is 43.6. The number of hydrogen-bond acceptors (Lipinski definition) is 9. The topological polar surface area (TPSA) is 99.4 Å². The largest absolute Gasteiger partial charge is 0.377 e. The van der Waals surface area contributed by atoms with Crippen LogP contribution in [0.3, 0.4) is 0 Å². The van der Waals surface area contributed by atoms with Gasteiger partial charge in [-0.3, -0.25) is 0 Å². The van der Waals surface area contributed by atoms with Crippen LogP contribution in [0.1, 0.15) is 43.7 Å². The fraction of sp³-hybridized carbons (Fsp3) is 0.591. The molecule has 2 atom stereocenters. The summed E-state index contributed by atoms with van der Waals surface area (Å²) in [6.07, 6.45) is 4.19. The first-order valence-corrected chi connectivity index (χ1v) is 14.1. The Morgan fingerprint density at radius 3 is 2.82 bits per heavy atom. The molecule has 0 spiro atoms. The maximum atomic E-state index is 12.2. The van der Waals surface area contributed by atoms with E-state index in [2.05, 4.69) is 11.8 Å². The van der Waals surface area contributed by atoms with Gasteiger partial charge in [0.1, 0.15) is 17.0 Å². The first-order chi connectivity index (χ1) is 15.8. The molecule has 0 N–H and O–H groups in total. The minimum atomic E-state index is -3.24. The second-order valence-electron chi connectivity index (χ2n) is 8.97. The van der Waals surface area contributed by atoms with Gasteiger partial charge in [0, 0.05) is 19.4 Å². The van der Waals surface area contributed by atoms with E-state index in [0.717, 1.165) is 59.0 Å². The fourth-order valence-corrected chi connectivity index (χ4v) is 6.29. The van der Waals surface area contributed by atoms with E-state index in [1.807, 2.05) is 23.7 Å². The van der Waals surface area contributed by atoms with E-state index in [-0.39, 0.29) is 18.0 Å². The number of fused-ring (bicyclic) bond motifs is 1. The molecule has 0 radical (unpaired) electrons. The van der Waals surface area contributed by atoms with Gasteiger partial charge in [0.25, 0.3) is 0 Å². The van der Waals surface area contributed by atoms with Gasteiger partial charge < -0.3 is 14.4 Å². The van der Waals surface area contributed by atoms with Crippen molar-refractivity contribution in [1.82, 2.24) is 19.1 Å². The molecule has 0 bridgehead atoms. The van der Waals surface area contributed by atoms with Crippen molar-refractivity contribution in [2.24, 2.45) is 0 Å². The van der Waals surface area contributed by atoms with Crippen molar-refractivity contribution in [3.8, 4) is 11.4 Å². The van der Waals surface area contributed by atoms with Gasteiger partial charge in [-0.2, -0.15) is 9.47 Å². The number of aromatic nitrogens is 4. The quantitative estimate of drug-likeness (QED) is 0.536. The maximum absolute atomic E-state index is 12.2. The molecule has 3 aromatic rings. The molecule has 0 saturated carbocycles. The molecule has 1 unspecified atom stereocenters. The summed E-state index contributed by atoms with van der Waals surface area (Å²) in [6, 6.07) is 4.06. The Bertz CT molecular complexity index is 1260. The Labute approximate surface area is 197 Å². The second kappa shape index (κ2) is 8.94. The number of hydrogen-bond donors (Lipinski definition) is 0. The predicted octanol–water partition coefficient (Wildman–Crippen LogP) is 3.33. The Morgan fingerprint density at radius 1 is 1.24 bits per heavy atom. The van der Waals surface area contributed by atoms with Crippen LogP contribution in [0.4, 0.5) is 5.82 Å². The summed E-state index contributed by atoms with van der Waals surface area (Å²) >= 11 is 1.29. The number of ether oxygens (including phenoxy) is 2. The van der Waals surface area contributed by atoms with Crippen LogP contribution in [0.25, 0.3) is 21.6 Å². The van der Waals surface area contributed by atoms with E-state index in [1.165, 1.54) is 17.8 Å². The first kappa shape index (κ1) is 22.7. The summed E-state index contributed by atoms with van der Waals surface area (Å²) in [5, 5.41) is 4.71. The zero-order chi connectivity index (χ0) is 23.2. The van der Waals surface area contributed by atoms with Crippen molar-refractivity contribution in [3.05, 3.63) is 23.4 Å². The number of sulfone groups is 1. The lowest BCUT2D eigenvalue weighted by molar-refractivity contribution is -0.0385. The molecule has 11 heteroatoms. The summed E-state index contributed by atoms with van der Waals surface area (Å²) in [4.78, 5) is 7.20. The van der Waals surface area contributed by atoms with Crippen LogP contribution >= 0.6 is 11.5 Å². The molecule has 0 amide bonds. The average molecular weight is 492 g/mol. The van der Waals surface area contributed by atoms with E-state index in [0.29, 0.717) is 25.3 Å². The summed E-state index contributed by atoms with van der Waals surface area (Å²) in [5.74, 6) is 0.707. The average Bonchev–Trinajstić information content (AvgIpc) is 3.37. The highest BCUT2D eigenvalue weighted by atomic mass is 32.2. The zero-order valence-electron chi connectivity index (χ0n) is 19.2. The molecule has 2 saturated heterocycles. The minimum Gasteiger partial charge on any atom is -0.377 e. The SMILES string of the molecule is Cc1cc(-c2nsc3c(CS(C)(=O)=O)cc(N4CCOC[C@H]4C)nc23)n(C2CCCCO2)n1. The van der Waals surface area contributed by atoms with Crippen molar-refractivity contribution in [3.63, 3.8) is 0 Å². The Hall–Kier alpha value is -2.08. The lowest BCUT2D eigenvalue weighted by Gasteiger charge is -2.34. The number of anilines is 1. The van der Waals surface area contributed by atoms with Crippen molar-refractivity contribution in [2.75, 3.05) is 37.5 Å². The van der Waals surface area contributed by atoms with E-state index < -0.39 is 9.84 Å². The third-order valence-electron chi connectivity index (χ3n) is 6.10. The number of nitrogens with zero attached hydrogens (tertiary/aromatic N) is 5. The van der Waals surface area contributed by atoms with E-state index >= 15 is 0 Å². The van der Waals surface area contributed by atoms with Crippen LogP contribution in [0.2, 0.25) is 0 Å². The van der Waals surface area contributed by atoms with E-state index in [9.17, 15) is 8.42 Å². The second-order valence-corrected chi connectivity index (χ2v) is 11.9. The van der Waals surface area contributed by atoms with Crippen LogP contribution in [0, 0.1) is 6.92 Å². The molecule has 0 aliphatic carbocycles. The zero-order valence-corrected chi connectivity index (χ0v) is 20.8. The van der Waals surface area contributed by atoms with Gasteiger partial charge in [0.15, 0.2) is 16.1 Å². The van der Waals surface area contributed by atoms with Crippen LogP contribution in [0.5, 0.6) is 0 Å². The summed E-state index contributed by atoms with van der Waals surface area (Å²) in [7, 11) is -3.24. The third kappa shape index (κ3) is 4.64. The predicted molar refractivity (Wildman–Crippen MR) is 128 cm³/mol. The molecule has 9 nitrogen and oxygen atoms in total. The van der Waals surface area contributed by atoms with Crippen molar-refractivity contribution < 1.29 is 17.9 Å². The molecule has 0 aromatic carbocycles.